The van der Waals surface area contributed by atoms with Crippen molar-refractivity contribution in [2.45, 2.75) is 12.5 Å². The van der Waals surface area contributed by atoms with Crippen LogP contribution in [0.3, 0.4) is 0 Å². The molecule has 0 aromatic carbocycles. The maximum Gasteiger partial charge on any atom is 0.491 e. The molecular formula is C8H12BN3O3. The number of β-amino-alcohol motifs (C(OH)–C–C–N with tert-alkyl or cyclic N) is 1. The summed E-state index contributed by atoms with van der Waals surface area (Å²) in [6, 6.07) is 0. The summed E-state index contributed by atoms with van der Waals surface area (Å²) in [4.78, 5) is 9.86. The molecule has 6 nitrogen and oxygen atoms in total. The summed E-state index contributed by atoms with van der Waals surface area (Å²) in [6.45, 7) is 1.25. The Morgan fingerprint density at radius 3 is 2.47 bits per heavy atom. The van der Waals surface area contributed by atoms with E-state index < -0.39 is 7.12 Å². The molecule has 1 unspecified atom stereocenters. The molecule has 0 amide bonds. The number of anilines is 1. The van der Waals surface area contributed by atoms with E-state index in [1.54, 1.807) is 0 Å². The standard InChI is InChI=1S/C8H12BN3O3/c13-7-1-2-12(5-7)8-10-3-6(4-11-8)9(14)15/h3-4,7,13-15H,1-2,5H2. The molecule has 1 aromatic rings. The van der Waals surface area contributed by atoms with Crippen LogP contribution in [0.1, 0.15) is 6.42 Å². The van der Waals surface area contributed by atoms with Crippen molar-refractivity contribution in [2.75, 3.05) is 18.0 Å². The molecule has 0 saturated carbocycles. The van der Waals surface area contributed by atoms with Crippen molar-refractivity contribution in [1.29, 1.82) is 0 Å². The van der Waals surface area contributed by atoms with Crippen LogP contribution in [0, 0.1) is 0 Å². The van der Waals surface area contributed by atoms with Gasteiger partial charge < -0.3 is 20.1 Å². The first-order valence-corrected chi connectivity index (χ1v) is 4.78. The van der Waals surface area contributed by atoms with Gasteiger partial charge in [-0.05, 0) is 6.42 Å². The van der Waals surface area contributed by atoms with Crippen LogP contribution in [0.5, 0.6) is 0 Å². The molecule has 2 rings (SSSR count). The van der Waals surface area contributed by atoms with Gasteiger partial charge in [0.05, 0.1) is 6.10 Å². The lowest BCUT2D eigenvalue weighted by Gasteiger charge is -2.14. The van der Waals surface area contributed by atoms with Crippen LogP contribution in [0.2, 0.25) is 0 Å². The van der Waals surface area contributed by atoms with Crippen LogP contribution in [0.25, 0.3) is 0 Å². The average Bonchev–Trinajstić information content (AvgIpc) is 2.65. The molecular weight excluding hydrogens is 197 g/mol. The van der Waals surface area contributed by atoms with Crippen LogP contribution in [-0.2, 0) is 0 Å². The number of nitrogens with zero attached hydrogens (tertiary/aromatic N) is 3. The minimum Gasteiger partial charge on any atom is -0.423 e. The molecule has 2 heterocycles. The van der Waals surface area contributed by atoms with Crippen molar-refractivity contribution in [2.24, 2.45) is 0 Å². The van der Waals surface area contributed by atoms with Crippen LogP contribution >= 0.6 is 0 Å². The van der Waals surface area contributed by atoms with Gasteiger partial charge in [-0.1, -0.05) is 0 Å². The third-order valence-electron chi connectivity index (χ3n) is 2.40. The topological polar surface area (TPSA) is 89.7 Å². The molecule has 1 atom stereocenters. The maximum absolute atomic E-state index is 9.33. The smallest absolute Gasteiger partial charge is 0.423 e. The van der Waals surface area contributed by atoms with Gasteiger partial charge in [-0.25, -0.2) is 9.97 Å². The van der Waals surface area contributed by atoms with E-state index in [0.717, 1.165) is 6.54 Å². The van der Waals surface area contributed by atoms with Gasteiger partial charge in [0.2, 0.25) is 5.95 Å². The fraction of sp³-hybridized carbons (Fsp3) is 0.500. The summed E-state index contributed by atoms with van der Waals surface area (Å²) in [5, 5.41) is 27.0. The molecule has 0 aliphatic carbocycles. The number of aliphatic hydroxyl groups excluding tert-OH is 1. The minimum atomic E-state index is -1.54. The quantitative estimate of drug-likeness (QED) is 0.476. The number of hydrogen-bond donors (Lipinski definition) is 3. The molecule has 0 radical (unpaired) electrons. The molecule has 0 spiro atoms. The van der Waals surface area contributed by atoms with Gasteiger partial charge in [0.25, 0.3) is 0 Å². The van der Waals surface area contributed by atoms with E-state index >= 15 is 0 Å². The Kier molecular flexibility index (Phi) is 2.85. The third kappa shape index (κ3) is 2.25. The molecule has 15 heavy (non-hydrogen) atoms. The van der Waals surface area contributed by atoms with Crippen molar-refractivity contribution in [3.8, 4) is 0 Å². The second-order valence-corrected chi connectivity index (χ2v) is 3.58. The van der Waals surface area contributed by atoms with E-state index in [1.807, 2.05) is 4.90 Å². The molecule has 3 N–H and O–H groups in total. The molecule has 1 aliphatic heterocycles. The Balaban J connectivity index is 2.10. The maximum atomic E-state index is 9.33. The Labute approximate surface area is 87.4 Å². The van der Waals surface area contributed by atoms with Crippen LogP contribution in [0.4, 0.5) is 5.95 Å². The average molecular weight is 209 g/mol. The summed E-state index contributed by atoms with van der Waals surface area (Å²) in [7, 11) is -1.54. The van der Waals surface area contributed by atoms with Gasteiger partial charge in [-0.3, -0.25) is 0 Å². The van der Waals surface area contributed by atoms with Crippen LogP contribution < -0.4 is 10.4 Å². The van der Waals surface area contributed by atoms with Gasteiger partial charge in [-0.15, -0.1) is 0 Å². The lowest BCUT2D eigenvalue weighted by Crippen LogP contribution is -2.32. The van der Waals surface area contributed by atoms with E-state index in [4.69, 9.17) is 10.0 Å². The predicted molar refractivity (Wildman–Crippen MR) is 54.7 cm³/mol. The van der Waals surface area contributed by atoms with E-state index in [9.17, 15) is 5.11 Å². The first kappa shape index (κ1) is 10.3. The Bertz CT molecular complexity index is 332. The zero-order valence-corrected chi connectivity index (χ0v) is 8.11. The largest absolute Gasteiger partial charge is 0.491 e. The minimum absolute atomic E-state index is 0.262. The van der Waals surface area contributed by atoms with Gasteiger partial charge in [0, 0.05) is 30.9 Å². The lowest BCUT2D eigenvalue weighted by atomic mass is 9.83. The summed E-state index contributed by atoms with van der Waals surface area (Å²) >= 11 is 0. The highest BCUT2D eigenvalue weighted by atomic mass is 16.4. The van der Waals surface area contributed by atoms with E-state index in [2.05, 4.69) is 9.97 Å². The van der Waals surface area contributed by atoms with Gasteiger partial charge in [-0.2, -0.15) is 0 Å². The van der Waals surface area contributed by atoms with Crippen molar-refractivity contribution in [3.63, 3.8) is 0 Å². The molecule has 1 fully saturated rings. The SMILES string of the molecule is OB(O)c1cnc(N2CCC(O)C2)nc1. The summed E-state index contributed by atoms with van der Waals surface area (Å²) in [5.41, 5.74) is 0.262. The van der Waals surface area contributed by atoms with Crippen LogP contribution in [-0.4, -0.2) is 51.4 Å². The van der Waals surface area contributed by atoms with Gasteiger partial charge in [0.1, 0.15) is 0 Å². The summed E-state index contributed by atoms with van der Waals surface area (Å²) in [6.07, 6.45) is 3.14. The van der Waals surface area contributed by atoms with Crippen LogP contribution in [0.15, 0.2) is 12.4 Å². The highest BCUT2D eigenvalue weighted by molar-refractivity contribution is 6.58. The zero-order valence-electron chi connectivity index (χ0n) is 8.11. The molecule has 80 valence electrons. The van der Waals surface area contributed by atoms with Crippen molar-refractivity contribution in [1.82, 2.24) is 9.97 Å². The third-order valence-corrected chi connectivity index (χ3v) is 2.40. The second kappa shape index (κ2) is 4.14. The molecule has 1 aromatic heterocycles. The lowest BCUT2D eigenvalue weighted by molar-refractivity contribution is 0.198. The molecule has 7 heteroatoms. The predicted octanol–water partition coefficient (Wildman–Crippen LogP) is -2.27. The Morgan fingerprint density at radius 2 is 2.00 bits per heavy atom. The van der Waals surface area contributed by atoms with E-state index in [0.29, 0.717) is 18.9 Å². The molecule has 0 bridgehead atoms. The van der Waals surface area contributed by atoms with Gasteiger partial charge in [0.15, 0.2) is 0 Å². The zero-order chi connectivity index (χ0) is 10.8. The number of aliphatic hydroxyl groups is 1. The molecule has 1 aliphatic rings. The summed E-state index contributed by atoms with van der Waals surface area (Å²) < 4.78 is 0. The number of aromatic nitrogens is 2. The Hall–Kier alpha value is -1.18. The summed E-state index contributed by atoms with van der Waals surface area (Å²) in [5.74, 6) is 0.510. The second-order valence-electron chi connectivity index (χ2n) is 3.58. The van der Waals surface area contributed by atoms with E-state index in [-0.39, 0.29) is 11.6 Å². The van der Waals surface area contributed by atoms with Crippen molar-refractivity contribution >= 4 is 18.5 Å². The van der Waals surface area contributed by atoms with Crippen molar-refractivity contribution in [3.05, 3.63) is 12.4 Å². The Morgan fingerprint density at radius 1 is 1.33 bits per heavy atom. The van der Waals surface area contributed by atoms with Gasteiger partial charge >= 0.3 is 7.12 Å². The fourth-order valence-electron chi connectivity index (χ4n) is 1.55. The monoisotopic (exact) mass is 209 g/mol. The first-order valence-electron chi connectivity index (χ1n) is 4.78. The molecule has 1 saturated heterocycles. The highest BCUT2D eigenvalue weighted by Gasteiger charge is 2.22. The normalized spacial score (nSPS) is 20.7. The fourth-order valence-corrected chi connectivity index (χ4v) is 1.55. The highest BCUT2D eigenvalue weighted by Crippen LogP contribution is 2.14. The van der Waals surface area contributed by atoms with E-state index in [1.165, 1.54) is 12.4 Å². The van der Waals surface area contributed by atoms with Crippen molar-refractivity contribution < 1.29 is 15.2 Å². The first-order chi connectivity index (χ1) is 7.16. The number of hydrogen-bond acceptors (Lipinski definition) is 6. The number of rotatable bonds is 2.